The Kier molecular flexibility index (Phi) is 18.1. The zero-order valence-electron chi connectivity index (χ0n) is 51.8. The number of phenols is 1. The number of nitrogens with one attached hydrogen (secondary N) is 1. The first-order valence-electron chi connectivity index (χ1n) is 30.1. The van der Waals surface area contributed by atoms with Crippen molar-refractivity contribution in [2.24, 2.45) is 28.6 Å². The maximum Gasteiger partial charge on any atom is 0.373 e. The molecular formula is C72H69NO19. The average molecular weight is 1250 g/mol. The van der Waals surface area contributed by atoms with E-state index in [1.165, 1.54) is 50.2 Å². The lowest BCUT2D eigenvalue weighted by atomic mass is 9.43. The summed E-state index contributed by atoms with van der Waals surface area (Å²) in [6.07, 6.45) is -8.68. The molecule has 0 spiro atoms. The number of Topliss-reactive ketones (excluding diaryl/α,β-unsaturated/α-hetero) is 2. The highest BCUT2D eigenvalue weighted by Crippen LogP contribution is 2.65. The SMILES string of the molecule is CC(=O)O[C@@]12CO[C@@H]1C[C@H](OC(=O)[C@H](C)CC(=O)c1ccc(-c3c4ccc(=O)cc-4oc4cc(O)ccc34)c(C)c1)[C@@]1(C)C(=O)[C@H](C)C3=C(C)[C@@H](OC(=O)[C@H](O)[C@@H](NC(=O)c4ccccc4)c4ccccc4)C[C@@](O)([C@@H](OC(=O)c4ccccc4)[C@H]21)C3(C)C.O=C=O. The number of phenolic OH excluding ortho intramolecular Hbond substituents is 1. The van der Waals surface area contributed by atoms with Crippen molar-refractivity contribution in [1.29, 1.82) is 0 Å². The van der Waals surface area contributed by atoms with Crippen LogP contribution in [0, 0.1) is 35.5 Å². The molecule has 12 atom stereocenters. The van der Waals surface area contributed by atoms with E-state index in [9.17, 15) is 48.9 Å². The third-order valence-corrected chi connectivity index (χ3v) is 19.1. The molecule has 0 unspecified atom stereocenters. The van der Waals surface area contributed by atoms with E-state index in [4.69, 9.17) is 37.7 Å². The number of carbonyl (C=O) groups is 7. The number of hydrogen-bond acceptors (Lipinski definition) is 19. The Balaban J connectivity index is 0.00000303. The van der Waals surface area contributed by atoms with Gasteiger partial charge in [-0.3, -0.25) is 28.8 Å². The highest BCUT2D eigenvalue weighted by molar-refractivity contribution is 6.04. The molecule has 5 aromatic rings. The molecule has 476 valence electrons. The summed E-state index contributed by atoms with van der Waals surface area (Å²) in [4.78, 5) is 131. The number of benzene rings is 6. The number of esters is 4. The fourth-order valence-corrected chi connectivity index (χ4v) is 14.6. The summed E-state index contributed by atoms with van der Waals surface area (Å²) in [5.41, 5.74) is -3.32. The molecule has 2 saturated carbocycles. The molecule has 4 aliphatic carbocycles. The van der Waals surface area contributed by atoms with Gasteiger partial charge in [0.2, 0.25) is 0 Å². The second kappa shape index (κ2) is 25.5. The first-order chi connectivity index (χ1) is 43.7. The highest BCUT2D eigenvalue weighted by atomic mass is 16.6. The number of ketones is 2. The van der Waals surface area contributed by atoms with Gasteiger partial charge in [0.1, 0.15) is 52.9 Å². The number of aliphatic hydroxyl groups is 2. The van der Waals surface area contributed by atoms with Gasteiger partial charge in [0, 0.05) is 77.3 Å². The fraction of sp³-hybridized carbons (Fsp3) is 0.347. The van der Waals surface area contributed by atoms with Crippen molar-refractivity contribution in [2.75, 3.05) is 6.61 Å². The summed E-state index contributed by atoms with van der Waals surface area (Å²) in [5, 5.41) is 40.0. The number of aromatic hydroxyl groups is 1. The largest absolute Gasteiger partial charge is 0.508 e. The molecule has 2 aliphatic heterocycles. The minimum Gasteiger partial charge on any atom is -0.508 e. The first kappa shape index (κ1) is 65.2. The zero-order chi connectivity index (χ0) is 66.4. The number of fused-ring (bicyclic) bond motifs is 7. The molecule has 3 fully saturated rings. The molecule has 6 aliphatic rings. The van der Waals surface area contributed by atoms with Gasteiger partial charge in [-0.2, -0.15) is 9.59 Å². The molecule has 2 bridgehead atoms. The van der Waals surface area contributed by atoms with Gasteiger partial charge in [0.15, 0.2) is 22.9 Å². The molecule has 11 rings (SSSR count). The number of aliphatic hydroxyl groups excluding tert-OH is 1. The van der Waals surface area contributed by atoms with E-state index in [1.54, 1.807) is 144 Å². The van der Waals surface area contributed by atoms with E-state index in [0.717, 1.165) is 5.56 Å². The predicted octanol–water partition coefficient (Wildman–Crippen LogP) is 9.21. The van der Waals surface area contributed by atoms with Crippen molar-refractivity contribution in [3.8, 4) is 28.2 Å². The Labute approximate surface area is 528 Å². The van der Waals surface area contributed by atoms with Crippen molar-refractivity contribution < 1.29 is 86.6 Å². The normalized spacial score (nSPS) is 25.4. The van der Waals surface area contributed by atoms with Crippen LogP contribution in [0.1, 0.15) is 116 Å². The van der Waals surface area contributed by atoms with E-state index in [-0.39, 0.29) is 53.5 Å². The predicted molar refractivity (Wildman–Crippen MR) is 329 cm³/mol. The van der Waals surface area contributed by atoms with E-state index >= 15 is 4.79 Å². The lowest BCUT2D eigenvalue weighted by Crippen LogP contribution is -2.81. The number of carbonyl (C=O) groups excluding carboxylic acids is 9. The van der Waals surface area contributed by atoms with Crippen LogP contribution in [0.15, 0.2) is 166 Å². The molecule has 92 heavy (non-hydrogen) atoms. The summed E-state index contributed by atoms with van der Waals surface area (Å²) in [6.45, 7) is 12.3. The van der Waals surface area contributed by atoms with Crippen LogP contribution in [-0.2, 0) is 52.5 Å². The van der Waals surface area contributed by atoms with Gasteiger partial charge >= 0.3 is 30.0 Å². The molecule has 5 aromatic carbocycles. The van der Waals surface area contributed by atoms with Crippen LogP contribution in [0.25, 0.3) is 33.4 Å². The quantitative estimate of drug-likeness (QED) is 0.0244. The smallest absolute Gasteiger partial charge is 0.373 e. The maximum atomic E-state index is 16.4. The number of ether oxygens (including phenoxy) is 5. The maximum absolute atomic E-state index is 16.4. The van der Waals surface area contributed by atoms with Crippen LogP contribution < -0.4 is 10.7 Å². The van der Waals surface area contributed by atoms with Crippen molar-refractivity contribution in [3.63, 3.8) is 0 Å². The molecular weight excluding hydrogens is 1180 g/mol. The molecule has 2 heterocycles. The lowest BCUT2D eigenvalue weighted by Gasteiger charge is -2.67. The number of rotatable bonds is 15. The summed E-state index contributed by atoms with van der Waals surface area (Å²) in [7, 11) is 0. The molecule has 20 heteroatoms. The molecule has 0 aromatic heterocycles. The Morgan fingerprint density at radius 3 is 2.01 bits per heavy atom. The molecule has 1 amide bonds. The van der Waals surface area contributed by atoms with E-state index in [0.29, 0.717) is 50.1 Å². The van der Waals surface area contributed by atoms with Gasteiger partial charge in [-0.25, -0.2) is 9.59 Å². The highest BCUT2D eigenvalue weighted by Gasteiger charge is 2.78. The molecule has 1 saturated heterocycles. The standard InChI is InChI=1S/C71H69NO17.CO2/c1-37-30-45(24-27-48(37)57-49-28-25-46(74)32-52(49)85-53-33-47(75)26-29-50(53)57)51(76)31-38(2)65(80)87-55-34-56-70(36-84-56,89-41(5)73)61-63(88-66(81)44-22-16-11-17-23-44)71(83)35-54(39(3)58(68(71,6)7)40(4)62(78)69(55,61)8)86-67(82)60(77)59(42-18-12-9-13-19-42)72-64(79)43-20-14-10-15-21-43;2-1-3/h9-30,32-33,38,40,54-56,59-61,63,74,77,83H,31,34-36H2,1-8H3,(H,72,79);/t38-,40-,54+,55+,56-,59+,60-,61+,63+,69-,70+,71-;/m1./s1. The monoisotopic (exact) mass is 1250 g/mol. The van der Waals surface area contributed by atoms with Crippen LogP contribution in [0.4, 0.5) is 0 Å². The topological polar surface area (TPSA) is 303 Å². The second-order valence-corrected chi connectivity index (χ2v) is 25.0. The zero-order valence-corrected chi connectivity index (χ0v) is 51.8. The Morgan fingerprint density at radius 1 is 0.761 bits per heavy atom. The van der Waals surface area contributed by atoms with Crippen LogP contribution >= 0.6 is 0 Å². The van der Waals surface area contributed by atoms with E-state index in [2.05, 4.69) is 5.32 Å². The minimum absolute atomic E-state index is 0.0342. The summed E-state index contributed by atoms with van der Waals surface area (Å²) < 4.78 is 38.1. The van der Waals surface area contributed by atoms with Crippen LogP contribution in [0.5, 0.6) is 5.75 Å². The molecule has 4 N–H and O–H groups in total. The number of hydrogen-bond donors (Lipinski definition) is 4. The fourth-order valence-electron chi connectivity index (χ4n) is 14.6. The third kappa shape index (κ3) is 11.6. The number of amides is 1. The third-order valence-electron chi connectivity index (χ3n) is 19.1. The van der Waals surface area contributed by atoms with E-state index < -0.39 is 124 Å². The van der Waals surface area contributed by atoms with Crippen molar-refractivity contribution >= 4 is 58.5 Å². The van der Waals surface area contributed by atoms with Crippen LogP contribution in [0.2, 0.25) is 0 Å². The van der Waals surface area contributed by atoms with Gasteiger partial charge in [0.25, 0.3) is 5.91 Å². The van der Waals surface area contributed by atoms with E-state index in [1.807, 2.05) is 6.92 Å². The van der Waals surface area contributed by atoms with Gasteiger partial charge < -0.3 is 48.7 Å². The lowest BCUT2D eigenvalue weighted by molar-refractivity contribution is -0.346. The molecule has 0 radical (unpaired) electrons. The minimum atomic E-state index is -2.37. The van der Waals surface area contributed by atoms with Gasteiger partial charge in [-0.05, 0) is 103 Å². The number of aryl methyl sites for hydroxylation is 1. The summed E-state index contributed by atoms with van der Waals surface area (Å²) >= 11 is 0. The van der Waals surface area contributed by atoms with Crippen LogP contribution in [-0.4, -0.2) is 111 Å². The van der Waals surface area contributed by atoms with Crippen LogP contribution in [0.3, 0.4) is 0 Å². The first-order valence-corrected chi connectivity index (χ1v) is 30.1. The van der Waals surface area contributed by atoms with Gasteiger partial charge in [-0.15, -0.1) is 0 Å². The average Bonchev–Trinajstić information content (AvgIpc) is 0.669. The Morgan fingerprint density at radius 2 is 1.39 bits per heavy atom. The second-order valence-electron chi connectivity index (χ2n) is 25.0. The van der Waals surface area contributed by atoms with Crippen molar-refractivity contribution in [1.82, 2.24) is 5.32 Å². The Bertz CT molecular complexity index is 4150. The Hall–Kier alpha value is -9.72. The summed E-state index contributed by atoms with van der Waals surface area (Å²) in [6, 6.07) is 37.4. The van der Waals surface area contributed by atoms with Crippen molar-refractivity contribution in [3.05, 3.63) is 195 Å². The summed E-state index contributed by atoms with van der Waals surface area (Å²) in [5.74, 6) is -8.97. The molecule has 20 nitrogen and oxygen atoms in total. The van der Waals surface area contributed by atoms with Gasteiger partial charge in [0.05, 0.1) is 35.5 Å². The van der Waals surface area contributed by atoms with Crippen molar-refractivity contribution in [2.45, 2.75) is 122 Å². The van der Waals surface area contributed by atoms with Gasteiger partial charge in [-0.1, -0.05) is 107 Å².